The van der Waals surface area contributed by atoms with Crippen molar-refractivity contribution in [3.05, 3.63) is 17.0 Å². The normalized spacial score (nSPS) is 13.3. The predicted molar refractivity (Wildman–Crippen MR) is 74.6 cm³/mol. The number of aryl methyl sites for hydroxylation is 2. The van der Waals surface area contributed by atoms with E-state index in [1.165, 1.54) is 11.3 Å². The molecule has 0 amide bonds. The van der Waals surface area contributed by atoms with Gasteiger partial charge in [-0.25, -0.2) is 0 Å². The third-order valence-corrected chi connectivity index (χ3v) is 3.51. The Balaban J connectivity index is 2.61. The second kappa shape index (κ2) is 6.90. The number of ether oxygens (including phenoxy) is 1. The van der Waals surface area contributed by atoms with Gasteiger partial charge >= 0.3 is 0 Å². The fourth-order valence-electron chi connectivity index (χ4n) is 2.04. The summed E-state index contributed by atoms with van der Waals surface area (Å²) in [5.41, 5.74) is 3.65. The van der Waals surface area contributed by atoms with Crippen molar-refractivity contribution in [3.63, 3.8) is 0 Å². The van der Waals surface area contributed by atoms with E-state index in [4.69, 9.17) is 4.74 Å². The number of nitrogens with one attached hydrogen (secondary N) is 1. The largest absolute Gasteiger partial charge is 0.380 e. The van der Waals surface area contributed by atoms with E-state index in [0.29, 0.717) is 12.0 Å². The van der Waals surface area contributed by atoms with Crippen LogP contribution in [-0.2, 0) is 18.3 Å². The van der Waals surface area contributed by atoms with E-state index in [0.717, 1.165) is 25.5 Å². The summed E-state index contributed by atoms with van der Waals surface area (Å²) in [5.74, 6) is 0.564. The molecule has 0 saturated heterocycles. The topological polar surface area (TPSA) is 39.1 Å². The molecule has 1 aromatic heterocycles. The number of nitrogens with zero attached hydrogens (tertiary/aromatic N) is 2. The second-order valence-corrected chi connectivity index (χ2v) is 5.16. The van der Waals surface area contributed by atoms with Gasteiger partial charge in [0.2, 0.25) is 0 Å². The van der Waals surface area contributed by atoms with Gasteiger partial charge in [-0.1, -0.05) is 13.8 Å². The van der Waals surface area contributed by atoms with Crippen molar-refractivity contribution in [3.8, 4) is 0 Å². The molecule has 0 saturated carbocycles. The zero-order valence-corrected chi connectivity index (χ0v) is 12.6. The Morgan fingerprint density at radius 1 is 1.33 bits per heavy atom. The van der Waals surface area contributed by atoms with Gasteiger partial charge in [-0.05, 0) is 26.7 Å². The van der Waals surface area contributed by atoms with Crippen LogP contribution in [0.15, 0.2) is 0 Å². The molecule has 1 heterocycles. The highest BCUT2D eigenvalue weighted by Gasteiger charge is 2.15. The standard InChI is InChI=1S/C14H27N3O/c1-7-18-9-14(10(2)3)15-8-13-11(4)16-17(6)12(13)5/h10,14-15H,7-9H2,1-6H3. The van der Waals surface area contributed by atoms with E-state index in [2.05, 4.69) is 38.1 Å². The number of hydrogen-bond donors (Lipinski definition) is 1. The summed E-state index contributed by atoms with van der Waals surface area (Å²) in [6.07, 6.45) is 0. The van der Waals surface area contributed by atoms with E-state index >= 15 is 0 Å². The van der Waals surface area contributed by atoms with Gasteiger partial charge < -0.3 is 10.1 Å². The third kappa shape index (κ3) is 3.82. The monoisotopic (exact) mass is 253 g/mol. The predicted octanol–water partition coefficient (Wildman–Crippen LogP) is 2.19. The lowest BCUT2D eigenvalue weighted by atomic mass is 10.0. The van der Waals surface area contributed by atoms with Crippen molar-refractivity contribution in [1.82, 2.24) is 15.1 Å². The van der Waals surface area contributed by atoms with E-state index in [-0.39, 0.29) is 0 Å². The van der Waals surface area contributed by atoms with Crippen LogP contribution in [0.1, 0.15) is 37.7 Å². The van der Waals surface area contributed by atoms with Gasteiger partial charge in [0.15, 0.2) is 0 Å². The zero-order valence-electron chi connectivity index (χ0n) is 12.6. The van der Waals surface area contributed by atoms with Crippen LogP contribution in [0.3, 0.4) is 0 Å². The minimum Gasteiger partial charge on any atom is -0.380 e. The highest BCUT2D eigenvalue weighted by Crippen LogP contribution is 2.12. The van der Waals surface area contributed by atoms with Crippen LogP contribution in [0.4, 0.5) is 0 Å². The smallest absolute Gasteiger partial charge is 0.0641 e. The van der Waals surface area contributed by atoms with Crippen LogP contribution in [0.2, 0.25) is 0 Å². The molecule has 0 aliphatic rings. The van der Waals surface area contributed by atoms with E-state index < -0.39 is 0 Å². The summed E-state index contributed by atoms with van der Waals surface area (Å²) in [4.78, 5) is 0. The Hall–Kier alpha value is -0.870. The molecule has 0 aromatic carbocycles. The molecule has 1 unspecified atom stereocenters. The first-order valence-corrected chi connectivity index (χ1v) is 6.77. The maximum Gasteiger partial charge on any atom is 0.0641 e. The average molecular weight is 253 g/mol. The first-order valence-electron chi connectivity index (χ1n) is 6.77. The molecule has 1 aromatic rings. The average Bonchev–Trinajstić information content (AvgIpc) is 2.54. The van der Waals surface area contributed by atoms with Crippen LogP contribution in [0, 0.1) is 19.8 Å². The summed E-state index contributed by atoms with van der Waals surface area (Å²) in [6, 6.07) is 0.393. The molecule has 0 bridgehead atoms. The zero-order chi connectivity index (χ0) is 13.7. The van der Waals surface area contributed by atoms with Crippen LogP contribution < -0.4 is 5.32 Å². The van der Waals surface area contributed by atoms with Crippen LogP contribution >= 0.6 is 0 Å². The first kappa shape index (κ1) is 15.2. The molecule has 1 atom stereocenters. The maximum atomic E-state index is 5.53. The maximum absolute atomic E-state index is 5.53. The van der Waals surface area contributed by atoms with Crippen molar-refractivity contribution in [2.75, 3.05) is 13.2 Å². The van der Waals surface area contributed by atoms with Gasteiger partial charge in [0, 0.05) is 37.5 Å². The van der Waals surface area contributed by atoms with Gasteiger partial charge in [0.1, 0.15) is 0 Å². The van der Waals surface area contributed by atoms with Gasteiger partial charge in [-0.15, -0.1) is 0 Å². The summed E-state index contributed by atoms with van der Waals surface area (Å²) < 4.78 is 7.47. The minimum absolute atomic E-state index is 0.393. The highest BCUT2D eigenvalue weighted by molar-refractivity contribution is 5.24. The van der Waals surface area contributed by atoms with Crippen molar-refractivity contribution in [2.45, 2.75) is 47.2 Å². The van der Waals surface area contributed by atoms with Crippen molar-refractivity contribution in [1.29, 1.82) is 0 Å². The van der Waals surface area contributed by atoms with Crippen LogP contribution in [-0.4, -0.2) is 29.0 Å². The molecular weight excluding hydrogens is 226 g/mol. The second-order valence-electron chi connectivity index (χ2n) is 5.16. The molecule has 0 spiro atoms. The summed E-state index contributed by atoms with van der Waals surface area (Å²) in [6.45, 7) is 13.1. The molecule has 18 heavy (non-hydrogen) atoms. The molecule has 4 heteroatoms. The molecule has 0 fully saturated rings. The molecule has 0 aliphatic carbocycles. The highest BCUT2D eigenvalue weighted by atomic mass is 16.5. The van der Waals surface area contributed by atoms with Crippen LogP contribution in [0.25, 0.3) is 0 Å². The first-order chi connectivity index (χ1) is 8.47. The van der Waals surface area contributed by atoms with E-state index in [9.17, 15) is 0 Å². The van der Waals surface area contributed by atoms with Gasteiger partial charge in [0.25, 0.3) is 0 Å². The SMILES string of the molecule is CCOCC(NCc1c(C)nn(C)c1C)C(C)C. The molecule has 1 rings (SSSR count). The fraction of sp³-hybridized carbons (Fsp3) is 0.786. The molecule has 0 aliphatic heterocycles. The Kier molecular flexibility index (Phi) is 5.82. The summed E-state index contributed by atoms with van der Waals surface area (Å²) in [7, 11) is 1.99. The lowest BCUT2D eigenvalue weighted by Gasteiger charge is -2.22. The number of aromatic nitrogens is 2. The minimum atomic E-state index is 0.393. The van der Waals surface area contributed by atoms with Crippen molar-refractivity contribution in [2.24, 2.45) is 13.0 Å². The quantitative estimate of drug-likeness (QED) is 0.809. The van der Waals surface area contributed by atoms with Gasteiger partial charge in [-0.3, -0.25) is 4.68 Å². The van der Waals surface area contributed by atoms with Gasteiger partial charge in [-0.2, -0.15) is 5.10 Å². The Labute approximate surface area is 111 Å². The Morgan fingerprint density at radius 3 is 2.44 bits per heavy atom. The van der Waals surface area contributed by atoms with Gasteiger partial charge in [0.05, 0.1) is 12.3 Å². The lowest BCUT2D eigenvalue weighted by molar-refractivity contribution is 0.108. The molecule has 104 valence electrons. The summed E-state index contributed by atoms with van der Waals surface area (Å²) >= 11 is 0. The molecular formula is C14H27N3O. The lowest BCUT2D eigenvalue weighted by Crippen LogP contribution is -2.37. The molecule has 1 N–H and O–H groups in total. The van der Waals surface area contributed by atoms with Crippen molar-refractivity contribution < 1.29 is 4.74 Å². The third-order valence-electron chi connectivity index (χ3n) is 3.51. The fourth-order valence-corrected chi connectivity index (χ4v) is 2.04. The Morgan fingerprint density at radius 2 is 2.00 bits per heavy atom. The Bertz CT molecular complexity index is 371. The number of hydrogen-bond acceptors (Lipinski definition) is 3. The molecule has 0 radical (unpaired) electrons. The molecule has 4 nitrogen and oxygen atoms in total. The van der Waals surface area contributed by atoms with Crippen molar-refractivity contribution >= 4 is 0 Å². The number of rotatable bonds is 7. The van der Waals surface area contributed by atoms with Crippen LogP contribution in [0.5, 0.6) is 0 Å². The van der Waals surface area contributed by atoms with E-state index in [1.54, 1.807) is 0 Å². The summed E-state index contributed by atoms with van der Waals surface area (Å²) in [5, 5.41) is 8.03. The van der Waals surface area contributed by atoms with E-state index in [1.807, 2.05) is 18.7 Å².